The minimum atomic E-state index is -0.390. The molecule has 122 valence electrons. The van der Waals surface area contributed by atoms with Crippen molar-refractivity contribution in [3.63, 3.8) is 0 Å². The zero-order valence-electron chi connectivity index (χ0n) is 13.2. The molecule has 1 N–H and O–H groups in total. The number of rotatable bonds is 6. The predicted molar refractivity (Wildman–Crippen MR) is 89.7 cm³/mol. The maximum Gasteiger partial charge on any atom is 0.339 e. The lowest BCUT2D eigenvalue weighted by atomic mass is 10.1. The van der Waals surface area contributed by atoms with Gasteiger partial charge in [0.2, 0.25) is 0 Å². The fraction of sp³-hybridized carbons (Fsp3) is 0.235. The molecule has 5 nitrogen and oxygen atoms in total. The van der Waals surface area contributed by atoms with Crippen LogP contribution in [0.2, 0.25) is 5.02 Å². The molecule has 0 unspecified atom stereocenters. The van der Waals surface area contributed by atoms with E-state index in [2.05, 4.69) is 5.32 Å². The number of ether oxygens (including phenoxy) is 3. The Balaban J connectivity index is 2.22. The van der Waals surface area contributed by atoms with Crippen LogP contribution in [0.5, 0.6) is 11.5 Å². The quantitative estimate of drug-likeness (QED) is 0.815. The highest BCUT2D eigenvalue weighted by atomic mass is 35.5. The van der Waals surface area contributed by atoms with Crippen LogP contribution < -0.4 is 14.8 Å². The first-order chi connectivity index (χ1) is 11.1. The number of hydrogen-bond acceptors (Lipinski definition) is 5. The van der Waals surface area contributed by atoms with E-state index >= 15 is 0 Å². The summed E-state index contributed by atoms with van der Waals surface area (Å²) in [6.07, 6.45) is 0. The summed E-state index contributed by atoms with van der Waals surface area (Å²) in [6, 6.07) is 10.8. The number of para-hydroxylation sites is 1. The van der Waals surface area contributed by atoms with Crippen LogP contribution in [0.15, 0.2) is 36.4 Å². The van der Waals surface area contributed by atoms with Crippen molar-refractivity contribution >= 4 is 23.3 Å². The Morgan fingerprint density at radius 2 is 1.87 bits per heavy atom. The lowest BCUT2D eigenvalue weighted by molar-refractivity contribution is 0.0602. The predicted octanol–water partition coefficient (Wildman–Crippen LogP) is 3.76. The Bertz CT molecular complexity index is 703. The third kappa shape index (κ3) is 3.87. The number of anilines is 1. The first kappa shape index (κ1) is 17.0. The van der Waals surface area contributed by atoms with E-state index in [1.807, 2.05) is 18.2 Å². The number of carbonyl (C=O) groups excluding carboxylic acids is 1. The molecule has 0 saturated carbocycles. The molecule has 0 amide bonds. The van der Waals surface area contributed by atoms with E-state index < -0.39 is 5.97 Å². The number of methoxy groups -OCH3 is 3. The van der Waals surface area contributed by atoms with Gasteiger partial charge < -0.3 is 19.5 Å². The normalized spacial score (nSPS) is 10.1. The number of halogens is 1. The molecule has 0 aliphatic rings. The Labute approximate surface area is 140 Å². The highest BCUT2D eigenvalue weighted by molar-refractivity contribution is 6.32. The van der Waals surface area contributed by atoms with Gasteiger partial charge in [0.05, 0.1) is 31.9 Å². The zero-order valence-corrected chi connectivity index (χ0v) is 13.9. The van der Waals surface area contributed by atoms with E-state index in [1.54, 1.807) is 25.3 Å². The van der Waals surface area contributed by atoms with Gasteiger partial charge in [0.15, 0.2) is 11.5 Å². The van der Waals surface area contributed by atoms with E-state index in [9.17, 15) is 4.79 Å². The molecule has 2 rings (SSSR count). The van der Waals surface area contributed by atoms with Gasteiger partial charge in [0.1, 0.15) is 0 Å². The van der Waals surface area contributed by atoms with Crippen molar-refractivity contribution < 1.29 is 19.0 Å². The van der Waals surface area contributed by atoms with Crippen LogP contribution in [0, 0.1) is 0 Å². The van der Waals surface area contributed by atoms with Crippen molar-refractivity contribution in [1.29, 1.82) is 0 Å². The summed E-state index contributed by atoms with van der Waals surface area (Å²) in [5.74, 6) is 0.657. The minimum Gasteiger partial charge on any atom is -0.493 e. The molecule has 0 aliphatic carbocycles. The van der Waals surface area contributed by atoms with Crippen LogP contribution in [-0.4, -0.2) is 27.3 Å². The van der Waals surface area contributed by atoms with Crippen LogP contribution in [0.1, 0.15) is 15.9 Å². The summed E-state index contributed by atoms with van der Waals surface area (Å²) in [7, 11) is 4.44. The summed E-state index contributed by atoms with van der Waals surface area (Å²) < 4.78 is 15.3. The second-order valence-corrected chi connectivity index (χ2v) is 5.11. The highest BCUT2D eigenvalue weighted by Crippen LogP contribution is 2.36. The van der Waals surface area contributed by atoms with E-state index in [-0.39, 0.29) is 0 Å². The van der Waals surface area contributed by atoms with Crippen molar-refractivity contribution in [2.45, 2.75) is 6.54 Å². The van der Waals surface area contributed by atoms with Crippen molar-refractivity contribution in [2.24, 2.45) is 0 Å². The van der Waals surface area contributed by atoms with E-state index in [0.717, 1.165) is 5.56 Å². The standard InChI is InChI=1S/C17H18ClNO4/c1-21-15-9-11(8-13(18)16(15)22-2)10-19-14-7-5-4-6-12(14)17(20)23-3/h4-9,19H,10H2,1-3H3. The molecule has 0 heterocycles. The van der Waals surface area contributed by atoms with Gasteiger partial charge >= 0.3 is 5.97 Å². The van der Waals surface area contributed by atoms with E-state index in [1.165, 1.54) is 14.2 Å². The zero-order chi connectivity index (χ0) is 16.8. The molecule has 2 aromatic carbocycles. The van der Waals surface area contributed by atoms with Gasteiger partial charge in [0, 0.05) is 12.2 Å². The molecule has 0 bridgehead atoms. The summed E-state index contributed by atoms with van der Waals surface area (Å²) in [6.45, 7) is 0.466. The fourth-order valence-corrected chi connectivity index (χ4v) is 2.51. The van der Waals surface area contributed by atoms with Crippen molar-refractivity contribution in [1.82, 2.24) is 0 Å². The van der Waals surface area contributed by atoms with E-state index in [0.29, 0.717) is 34.3 Å². The average molecular weight is 336 g/mol. The molecule has 0 atom stereocenters. The minimum absolute atomic E-state index is 0.390. The van der Waals surface area contributed by atoms with Gasteiger partial charge in [-0.2, -0.15) is 0 Å². The van der Waals surface area contributed by atoms with Gasteiger partial charge in [-0.1, -0.05) is 23.7 Å². The van der Waals surface area contributed by atoms with Crippen LogP contribution >= 0.6 is 11.6 Å². The molecular formula is C17H18ClNO4. The second kappa shape index (κ2) is 7.74. The van der Waals surface area contributed by atoms with Gasteiger partial charge in [0.25, 0.3) is 0 Å². The first-order valence-electron chi connectivity index (χ1n) is 6.92. The lowest BCUT2D eigenvalue weighted by Crippen LogP contribution is -2.08. The molecule has 2 aromatic rings. The smallest absolute Gasteiger partial charge is 0.339 e. The van der Waals surface area contributed by atoms with Gasteiger partial charge in [-0.25, -0.2) is 4.79 Å². The van der Waals surface area contributed by atoms with Crippen molar-refractivity contribution in [3.8, 4) is 11.5 Å². The molecule has 0 radical (unpaired) electrons. The third-order valence-corrected chi connectivity index (χ3v) is 3.59. The molecule has 0 aromatic heterocycles. The summed E-state index contributed by atoms with van der Waals surface area (Å²) in [5, 5.41) is 3.67. The Morgan fingerprint density at radius 3 is 2.52 bits per heavy atom. The summed E-state index contributed by atoms with van der Waals surface area (Å²) >= 11 is 6.19. The Hall–Kier alpha value is -2.40. The molecule has 23 heavy (non-hydrogen) atoms. The largest absolute Gasteiger partial charge is 0.493 e. The van der Waals surface area contributed by atoms with Gasteiger partial charge in [-0.15, -0.1) is 0 Å². The summed E-state index contributed by atoms with van der Waals surface area (Å²) in [5.41, 5.74) is 2.05. The monoisotopic (exact) mass is 335 g/mol. The van der Waals surface area contributed by atoms with Crippen LogP contribution in [0.25, 0.3) is 0 Å². The number of hydrogen-bond donors (Lipinski definition) is 1. The Morgan fingerprint density at radius 1 is 1.13 bits per heavy atom. The first-order valence-corrected chi connectivity index (χ1v) is 7.30. The fourth-order valence-electron chi connectivity index (χ4n) is 2.20. The van der Waals surface area contributed by atoms with Crippen LogP contribution in [0.3, 0.4) is 0 Å². The van der Waals surface area contributed by atoms with Crippen LogP contribution in [0.4, 0.5) is 5.69 Å². The number of esters is 1. The molecule has 0 saturated heterocycles. The Kier molecular flexibility index (Phi) is 5.71. The lowest BCUT2D eigenvalue weighted by Gasteiger charge is -2.14. The molecule has 0 fully saturated rings. The summed E-state index contributed by atoms with van der Waals surface area (Å²) in [4.78, 5) is 11.8. The maximum absolute atomic E-state index is 11.8. The van der Waals surface area contributed by atoms with Crippen LogP contribution in [-0.2, 0) is 11.3 Å². The molecular weight excluding hydrogens is 318 g/mol. The number of nitrogens with one attached hydrogen (secondary N) is 1. The second-order valence-electron chi connectivity index (χ2n) is 4.70. The number of benzene rings is 2. The van der Waals surface area contributed by atoms with Gasteiger partial charge in [-0.3, -0.25) is 0 Å². The van der Waals surface area contributed by atoms with Crippen molar-refractivity contribution in [3.05, 3.63) is 52.5 Å². The molecule has 0 spiro atoms. The molecule has 6 heteroatoms. The highest BCUT2D eigenvalue weighted by Gasteiger charge is 2.13. The SMILES string of the molecule is COC(=O)c1ccccc1NCc1cc(Cl)c(OC)c(OC)c1. The molecule has 0 aliphatic heterocycles. The van der Waals surface area contributed by atoms with Crippen molar-refractivity contribution in [2.75, 3.05) is 26.6 Å². The topological polar surface area (TPSA) is 56.8 Å². The third-order valence-electron chi connectivity index (χ3n) is 3.31. The number of carbonyl (C=O) groups is 1. The van der Waals surface area contributed by atoms with Gasteiger partial charge in [-0.05, 0) is 29.8 Å². The maximum atomic E-state index is 11.8. The average Bonchev–Trinajstić information content (AvgIpc) is 2.58. The van der Waals surface area contributed by atoms with E-state index in [4.69, 9.17) is 25.8 Å².